The van der Waals surface area contributed by atoms with Gasteiger partial charge in [0.2, 0.25) is 17.7 Å². The molecule has 6 rings (SSSR count). The molecule has 2 aromatic heterocycles. The Morgan fingerprint density at radius 1 is 0.935 bits per heavy atom. The summed E-state index contributed by atoms with van der Waals surface area (Å²) in [5.41, 5.74) is 11.4. The van der Waals surface area contributed by atoms with Crippen molar-refractivity contribution in [1.29, 1.82) is 0 Å². The van der Waals surface area contributed by atoms with Gasteiger partial charge in [-0.3, -0.25) is 19.7 Å². The van der Waals surface area contributed by atoms with E-state index in [9.17, 15) is 4.79 Å². The third-order valence-corrected chi connectivity index (χ3v) is 8.97. The SMILES string of the molecule is COc1nc(-c2cccc(-c3cccc(-c4cnc(CN5CC(C)(N)C5)c(OC)n4)c3Cl)c2Cl)cnc1CNCC1CCC(=O)N1. The molecule has 13 heteroatoms. The molecule has 1 amide bonds. The molecule has 4 heterocycles. The molecule has 4 aromatic rings. The van der Waals surface area contributed by atoms with Crippen molar-refractivity contribution < 1.29 is 14.3 Å². The van der Waals surface area contributed by atoms with Gasteiger partial charge in [-0.05, 0) is 13.3 Å². The monoisotopic (exact) mass is 662 g/mol. The van der Waals surface area contributed by atoms with Crippen LogP contribution in [0.25, 0.3) is 33.6 Å². The first kappa shape index (κ1) is 32.1. The second kappa shape index (κ2) is 13.5. The summed E-state index contributed by atoms with van der Waals surface area (Å²) in [5, 5.41) is 7.24. The number of halogens is 2. The third kappa shape index (κ3) is 6.79. The number of ether oxygens (including phenoxy) is 2. The second-order valence-electron chi connectivity index (χ2n) is 12.0. The normalized spacial score (nSPS) is 17.4. The standard InChI is InChI=1S/C33H36Cl2N8O3/c1-33(36)17-43(18-33)16-27-32(46-3)42-25(15-39-27)23-9-5-7-21(30(23)35)20-6-4-8-22(29(20)34)24-14-38-26(31(41-24)45-2)13-37-12-19-10-11-28(44)40-19/h4-9,14-15,19,37H,10-13,16-18,36H2,1-3H3,(H,40,44). The van der Waals surface area contributed by atoms with Gasteiger partial charge in [-0.15, -0.1) is 0 Å². The van der Waals surface area contributed by atoms with Gasteiger partial charge in [-0.25, -0.2) is 9.97 Å². The van der Waals surface area contributed by atoms with Crippen LogP contribution in [0, 0.1) is 0 Å². The molecule has 1 atom stereocenters. The van der Waals surface area contributed by atoms with Crippen LogP contribution in [-0.2, 0) is 17.9 Å². The number of carbonyl (C=O) groups excluding carboxylic acids is 1. The van der Waals surface area contributed by atoms with E-state index in [1.165, 1.54) is 0 Å². The molecule has 2 fully saturated rings. The lowest BCUT2D eigenvalue weighted by molar-refractivity contribution is -0.119. The van der Waals surface area contributed by atoms with E-state index in [0.717, 1.165) is 36.3 Å². The molecular formula is C33H36Cl2N8O3. The van der Waals surface area contributed by atoms with Gasteiger partial charge in [-0.2, -0.15) is 0 Å². The molecule has 1 unspecified atom stereocenters. The Bertz CT molecular complexity index is 1760. The lowest BCUT2D eigenvalue weighted by Crippen LogP contribution is -2.64. The third-order valence-electron chi connectivity index (χ3n) is 8.16. The van der Waals surface area contributed by atoms with E-state index in [1.54, 1.807) is 26.6 Å². The molecule has 2 aliphatic rings. The van der Waals surface area contributed by atoms with Gasteiger partial charge < -0.3 is 25.8 Å². The Labute approximate surface area is 277 Å². The van der Waals surface area contributed by atoms with Crippen molar-refractivity contribution in [1.82, 2.24) is 35.5 Å². The zero-order chi connectivity index (χ0) is 32.4. The van der Waals surface area contributed by atoms with Crippen LogP contribution in [0.2, 0.25) is 10.0 Å². The Morgan fingerprint density at radius 3 is 2.00 bits per heavy atom. The van der Waals surface area contributed by atoms with Crippen molar-refractivity contribution in [2.75, 3.05) is 33.9 Å². The highest BCUT2D eigenvalue weighted by atomic mass is 35.5. The molecule has 11 nitrogen and oxygen atoms in total. The molecule has 0 saturated carbocycles. The first-order chi connectivity index (χ1) is 22.2. The number of rotatable bonds is 11. The van der Waals surface area contributed by atoms with E-state index in [1.807, 2.05) is 43.3 Å². The van der Waals surface area contributed by atoms with Crippen molar-refractivity contribution in [3.8, 4) is 45.4 Å². The number of nitrogens with zero attached hydrogens (tertiary/aromatic N) is 5. The number of nitrogens with two attached hydrogens (primary N) is 1. The number of likely N-dealkylation sites (tertiary alicyclic amines) is 1. The number of aromatic nitrogens is 4. The molecule has 4 N–H and O–H groups in total. The van der Waals surface area contributed by atoms with Crippen LogP contribution in [0.1, 0.15) is 31.2 Å². The number of methoxy groups -OCH3 is 2. The van der Waals surface area contributed by atoms with Gasteiger partial charge in [0.15, 0.2) is 0 Å². The predicted octanol–water partition coefficient (Wildman–Crippen LogP) is 4.49. The minimum Gasteiger partial charge on any atom is -0.480 e. The fourth-order valence-corrected chi connectivity index (χ4v) is 6.63. The maximum absolute atomic E-state index is 11.5. The maximum atomic E-state index is 11.5. The van der Waals surface area contributed by atoms with Crippen molar-refractivity contribution in [3.05, 3.63) is 70.2 Å². The summed E-state index contributed by atoms with van der Waals surface area (Å²) in [7, 11) is 3.14. The maximum Gasteiger partial charge on any atom is 0.237 e. The minimum absolute atomic E-state index is 0.0852. The summed E-state index contributed by atoms with van der Waals surface area (Å²) in [4.78, 5) is 32.4. The van der Waals surface area contributed by atoms with E-state index in [2.05, 4.69) is 25.5 Å². The molecule has 46 heavy (non-hydrogen) atoms. The number of nitrogens with one attached hydrogen (secondary N) is 2. The fraction of sp³-hybridized carbons (Fsp3) is 0.364. The van der Waals surface area contributed by atoms with Crippen molar-refractivity contribution in [3.63, 3.8) is 0 Å². The van der Waals surface area contributed by atoms with Gasteiger partial charge >= 0.3 is 0 Å². The van der Waals surface area contributed by atoms with Gasteiger partial charge in [0.1, 0.15) is 11.4 Å². The molecule has 2 aromatic carbocycles. The average molecular weight is 664 g/mol. The highest BCUT2D eigenvalue weighted by molar-refractivity contribution is 6.39. The topological polar surface area (TPSA) is 140 Å². The first-order valence-corrected chi connectivity index (χ1v) is 15.8. The molecule has 0 spiro atoms. The zero-order valence-electron chi connectivity index (χ0n) is 25.9. The lowest BCUT2D eigenvalue weighted by atomic mass is 9.94. The van der Waals surface area contributed by atoms with Crippen LogP contribution in [0.3, 0.4) is 0 Å². The van der Waals surface area contributed by atoms with Crippen LogP contribution < -0.4 is 25.8 Å². The summed E-state index contributed by atoms with van der Waals surface area (Å²) in [6.07, 6.45) is 4.77. The molecule has 2 saturated heterocycles. The van der Waals surface area contributed by atoms with Crippen LogP contribution in [0.15, 0.2) is 48.8 Å². The van der Waals surface area contributed by atoms with Gasteiger partial charge in [0, 0.05) is 73.0 Å². The van der Waals surface area contributed by atoms with Crippen molar-refractivity contribution in [2.24, 2.45) is 5.73 Å². The second-order valence-corrected chi connectivity index (χ2v) is 12.7. The number of carbonyl (C=O) groups is 1. The number of benzene rings is 2. The molecule has 0 radical (unpaired) electrons. The number of hydrogen-bond donors (Lipinski definition) is 3. The average Bonchev–Trinajstić information content (AvgIpc) is 3.45. The van der Waals surface area contributed by atoms with Crippen LogP contribution >= 0.6 is 23.2 Å². The first-order valence-electron chi connectivity index (χ1n) is 15.0. The minimum atomic E-state index is -0.177. The summed E-state index contributed by atoms with van der Waals surface area (Å²) in [6, 6.07) is 11.5. The lowest BCUT2D eigenvalue weighted by Gasteiger charge is -2.45. The van der Waals surface area contributed by atoms with Crippen molar-refractivity contribution in [2.45, 2.75) is 44.4 Å². The van der Waals surface area contributed by atoms with Crippen molar-refractivity contribution >= 4 is 29.1 Å². The quantitative estimate of drug-likeness (QED) is 0.210. The van der Waals surface area contributed by atoms with Crippen LogP contribution in [0.5, 0.6) is 11.8 Å². The fourth-order valence-electron chi connectivity index (χ4n) is 5.98. The predicted molar refractivity (Wildman–Crippen MR) is 178 cm³/mol. The molecular weight excluding hydrogens is 627 g/mol. The molecule has 2 aliphatic heterocycles. The van der Waals surface area contributed by atoms with Crippen LogP contribution in [0.4, 0.5) is 0 Å². The summed E-state index contributed by atoms with van der Waals surface area (Å²) >= 11 is 14.1. The van der Waals surface area contributed by atoms with E-state index < -0.39 is 0 Å². The summed E-state index contributed by atoms with van der Waals surface area (Å²) in [6.45, 7) is 5.30. The van der Waals surface area contributed by atoms with Gasteiger partial charge in [0.05, 0.1) is 48.0 Å². The van der Waals surface area contributed by atoms with E-state index in [4.69, 9.17) is 48.4 Å². The van der Waals surface area contributed by atoms with E-state index >= 15 is 0 Å². The zero-order valence-corrected chi connectivity index (χ0v) is 27.5. The Kier molecular flexibility index (Phi) is 9.39. The van der Waals surface area contributed by atoms with Crippen LogP contribution in [-0.4, -0.2) is 76.2 Å². The molecule has 0 aliphatic carbocycles. The molecule has 240 valence electrons. The van der Waals surface area contributed by atoms with E-state index in [0.29, 0.717) is 76.1 Å². The summed E-state index contributed by atoms with van der Waals surface area (Å²) in [5.74, 6) is 0.923. The van der Waals surface area contributed by atoms with Gasteiger partial charge in [0.25, 0.3) is 0 Å². The molecule has 0 bridgehead atoms. The Hall–Kier alpha value is -3.87. The summed E-state index contributed by atoms with van der Waals surface area (Å²) < 4.78 is 11.2. The Morgan fingerprint density at radius 2 is 1.48 bits per heavy atom. The highest BCUT2D eigenvalue weighted by Crippen LogP contribution is 2.42. The van der Waals surface area contributed by atoms with Gasteiger partial charge in [-0.1, -0.05) is 59.6 Å². The Balaban J connectivity index is 1.24. The number of amides is 1. The highest BCUT2D eigenvalue weighted by Gasteiger charge is 2.35. The smallest absolute Gasteiger partial charge is 0.237 e. The van der Waals surface area contributed by atoms with E-state index in [-0.39, 0.29) is 17.5 Å². The number of hydrogen-bond acceptors (Lipinski definition) is 10. The largest absolute Gasteiger partial charge is 0.480 e.